The highest BCUT2D eigenvalue weighted by molar-refractivity contribution is 6.32. The van der Waals surface area contributed by atoms with Crippen molar-refractivity contribution in [1.29, 1.82) is 0 Å². The molecule has 0 aliphatic rings. The Balaban J connectivity index is 2.43. The molecule has 3 nitrogen and oxygen atoms in total. The van der Waals surface area contributed by atoms with Crippen molar-refractivity contribution in [3.63, 3.8) is 0 Å². The molecule has 1 rings (SSSR count). The number of aliphatic hydroxyl groups excluding tert-OH is 1. The Morgan fingerprint density at radius 1 is 1.35 bits per heavy atom. The summed E-state index contributed by atoms with van der Waals surface area (Å²) in [7, 11) is 0. The minimum absolute atomic E-state index is 0.514. The molecule has 0 unspecified atom stereocenters. The third-order valence-corrected chi connectivity index (χ3v) is 2.63. The van der Waals surface area contributed by atoms with Crippen LogP contribution in [0.5, 0.6) is 5.75 Å². The molecule has 0 spiro atoms. The van der Waals surface area contributed by atoms with Crippen molar-refractivity contribution >= 4 is 11.6 Å². The summed E-state index contributed by atoms with van der Waals surface area (Å²) in [6, 6.07) is 5.32. The topological polar surface area (TPSA) is 38.7 Å². The molecule has 0 aromatic heterocycles. The number of hydrogen-bond donors (Lipinski definition) is 1. The molecular weight excluding hydrogens is 240 g/mol. The van der Waals surface area contributed by atoms with Gasteiger partial charge in [-0.3, -0.25) is 0 Å². The van der Waals surface area contributed by atoms with Crippen molar-refractivity contribution in [2.24, 2.45) is 0 Å². The summed E-state index contributed by atoms with van der Waals surface area (Å²) in [6.07, 6.45) is 0.321. The van der Waals surface area contributed by atoms with E-state index in [1.807, 2.05) is 13.0 Å². The fraction of sp³-hybridized carbons (Fsp3) is 0.538. The third-order valence-electron chi connectivity index (χ3n) is 2.33. The van der Waals surface area contributed by atoms with Crippen LogP contribution in [0.3, 0.4) is 0 Å². The van der Waals surface area contributed by atoms with Crippen molar-refractivity contribution in [1.82, 2.24) is 0 Å². The summed E-state index contributed by atoms with van der Waals surface area (Å²) >= 11 is 6.05. The number of benzene rings is 1. The number of ether oxygens (including phenoxy) is 2. The number of halogens is 1. The number of hydrogen-bond acceptors (Lipinski definition) is 3. The first-order chi connectivity index (χ1) is 8.15. The van der Waals surface area contributed by atoms with Gasteiger partial charge in [-0.1, -0.05) is 17.7 Å². The van der Waals surface area contributed by atoms with E-state index in [1.54, 1.807) is 19.1 Å². The van der Waals surface area contributed by atoms with Gasteiger partial charge in [0.25, 0.3) is 0 Å². The zero-order chi connectivity index (χ0) is 12.7. The quantitative estimate of drug-likeness (QED) is 0.764. The van der Waals surface area contributed by atoms with Crippen LogP contribution in [0, 0.1) is 0 Å². The predicted molar refractivity (Wildman–Crippen MR) is 68.7 cm³/mol. The first-order valence-electron chi connectivity index (χ1n) is 5.83. The standard InChI is InChI=1S/C13H19ClO3/c1-3-16-7-4-8-17-13-6-5-11(10(2)15)9-12(13)14/h5-6,9-10,15H,3-4,7-8H2,1-2H3/t10-/m0/s1. The average Bonchev–Trinajstić information content (AvgIpc) is 2.30. The molecule has 1 aromatic carbocycles. The zero-order valence-electron chi connectivity index (χ0n) is 10.3. The highest BCUT2D eigenvalue weighted by Crippen LogP contribution is 2.27. The molecule has 0 aliphatic carbocycles. The molecule has 0 bridgehead atoms. The first-order valence-corrected chi connectivity index (χ1v) is 6.21. The molecule has 0 fully saturated rings. The maximum absolute atomic E-state index is 9.40. The number of rotatable bonds is 7. The Kier molecular flexibility index (Phi) is 6.34. The largest absolute Gasteiger partial charge is 0.492 e. The van der Waals surface area contributed by atoms with Gasteiger partial charge in [-0.15, -0.1) is 0 Å². The lowest BCUT2D eigenvalue weighted by atomic mass is 10.1. The predicted octanol–water partition coefficient (Wildman–Crippen LogP) is 3.20. The fourth-order valence-electron chi connectivity index (χ4n) is 1.38. The summed E-state index contributed by atoms with van der Waals surface area (Å²) in [6.45, 7) is 5.66. The minimum Gasteiger partial charge on any atom is -0.492 e. The molecule has 0 amide bonds. The highest BCUT2D eigenvalue weighted by atomic mass is 35.5. The van der Waals surface area contributed by atoms with E-state index < -0.39 is 6.10 Å². The normalized spacial score (nSPS) is 12.5. The van der Waals surface area contributed by atoms with E-state index in [0.717, 1.165) is 18.6 Å². The highest BCUT2D eigenvalue weighted by Gasteiger charge is 2.06. The Bertz CT molecular complexity index is 339. The van der Waals surface area contributed by atoms with Gasteiger partial charge in [0.15, 0.2) is 0 Å². The Hall–Kier alpha value is -0.770. The lowest BCUT2D eigenvalue weighted by molar-refractivity contribution is 0.131. The van der Waals surface area contributed by atoms with Gasteiger partial charge in [-0.05, 0) is 31.5 Å². The summed E-state index contributed by atoms with van der Waals surface area (Å²) in [5.41, 5.74) is 0.789. The van der Waals surface area contributed by atoms with Crippen molar-refractivity contribution in [3.05, 3.63) is 28.8 Å². The van der Waals surface area contributed by atoms with Gasteiger partial charge in [0.1, 0.15) is 5.75 Å². The van der Waals surface area contributed by atoms with Gasteiger partial charge < -0.3 is 14.6 Å². The lowest BCUT2D eigenvalue weighted by Gasteiger charge is -2.10. The summed E-state index contributed by atoms with van der Waals surface area (Å²) in [5.74, 6) is 0.646. The summed E-state index contributed by atoms with van der Waals surface area (Å²) in [4.78, 5) is 0. The molecular formula is C13H19ClO3. The second kappa shape index (κ2) is 7.54. The van der Waals surface area contributed by atoms with Gasteiger partial charge in [-0.25, -0.2) is 0 Å². The Labute approximate surface area is 107 Å². The molecule has 17 heavy (non-hydrogen) atoms. The maximum atomic E-state index is 9.40. The van der Waals surface area contributed by atoms with E-state index in [1.165, 1.54) is 0 Å². The molecule has 0 aliphatic heterocycles. The Morgan fingerprint density at radius 3 is 2.71 bits per heavy atom. The third kappa shape index (κ3) is 4.94. The van der Waals surface area contributed by atoms with Gasteiger partial charge >= 0.3 is 0 Å². The van der Waals surface area contributed by atoms with Crippen LogP contribution in [0.4, 0.5) is 0 Å². The molecule has 1 aromatic rings. The molecule has 4 heteroatoms. The van der Waals surface area contributed by atoms with Crippen LogP contribution >= 0.6 is 11.6 Å². The second-order valence-electron chi connectivity index (χ2n) is 3.76. The second-order valence-corrected chi connectivity index (χ2v) is 4.17. The molecule has 1 atom stereocenters. The maximum Gasteiger partial charge on any atom is 0.137 e. The van der Waals surface area contributed by atoms with E-state index in [9.17, 15) is 5.11 Å². The molecule has 96 valence electrons. The van der Waals surface area contributed by atoms with Crippen LogP contribution in [0.25, 0.3) is 0 Å². The minimum atomic E-state index is -0.514. The molecule has 0 heterocycles. The summed E-state index contributed by atoms with van der Waals surface area (Å²) in [5, 5.41) is 9.92. The lowest BCUT2D eigenvalue weighted by Crippen LogP contribution is -2.03. The summed E-state index contributed by atoms with van der Waals surface area (Å²) < 4.78 is 10.7. The van der Waals surface area contributed by atoms with E-state index in [4.69, 9.17) is 21.1 Å². The van der Waals surface area contributed by atoms with Crippen molar-refractivity contribution in [3.8, 4) is 5.75 Å². The zero-order valence-corrected chi connectivity index (χ0v) is 11.0. The van der Waals surface area contributed by atoms with E-state index in [-0.39, 0.29) is 0 Å². The fourth-order valence-corrected chi connectivity index (χ4v) is 1.62. The molecule has 0 radical (unpaired) electrons. The van der Waals surface area contributed by atoms with Crippen LogP contribution in [0.1, 0.15) is 31.9 Å². The van der Waals surface area contributed by atoms with Crippen LogP contribution in [0.15, 0.2) is 18.2 Å². The van der Waals surface area contributed by atoms with E-state index in [2.05, 4.69) is 0 Å². The monoisotopic (exact) mass is 258 g/mol. The van der Waals surface area contributed by atoms with Crippen LogP contribution in [-0.4, -0.2) is 24.9 Å². The van der Waals surface area contributed by atoms with E-state index >= 15 is 0 Å². The average molecular weight is 259 g/mol. The van der Waals surface area contributed by atoms with Crippen molar-refractivity contribution < 1.29 is 14.6 Å². The van der Waals surface area contributed by atoms with Gasteiger partial charge in [-0.2, -0.15) is 0 Å². The van der Waals surface area contributed by atoms with Crippen molar-refractivity contribution in [2.75, 3.05) is 19.8 Å². The smallest absolute Gasteiger partial charge is 0.137 e. The van der Waals surface area contributed by atoms with E-state index in [0.29, 0.717) is 24.0 Å². The van der Waals surface area contributed by atoms with Gasteiger partial charge in [0.05, 0.1) is 17.7 Å². The van der Waals surface area contributed by atoms with Crippen LogP contribution < -0.4 is 4.74 Å². The Morgan fingerprint density at radius 2 is 2.12 bits per heavy atom. The molecule has 1 N–H and O–H groups in total. The first kappa shape index (κ1) is 14.3. The van der Waals surface area contributed by atoms with Crippen molar-refractivity contribution in [2.45, 2.75) is 26.4 Å². The molecule has 0 saturated carbocycles. The van der Waals surface area contributed by atoms with Crippen LogP contribution in [-0.2, 0) is 4.74 Å². The SMILES string of the molecule is CCOCCCOc1ccc([C@H](C)O)cc1Cl. The number of aliphatic hydroxyl groups is 1. The van der Waals surface area contributed by atoms with Gasteiger partial charge in [0, 0.05) is 19.6 Å². The molecule has 0 saturated heterocycles. The van der Waals surface area contributed by atoms with Gasteiger partial charge in [0.2, 0.25) is 0 Å². The van der Waals surface area contributed by atoms with Crippen LogP contribution in [0.2, 0.25) is 5.02 Å².